The Kier molecular flexibility index (Phi) is 5.17. The van der Waals surface area contributed by atoms with E-state index in [4.69, 9.17) is 0 Å². The van der Waals surface area contributed by atoms with E-state index in [1.54, 1.807) is 12.3 Å². The summed E-state index contributed by atoms with van der Waals surface area (Å²) in [6.45, 7) is 3.77. The molecule has 0 radical (unpaired) electrons. The van der Waals surface area contributed by atoms with Crippen molar-refractivity contribution in [1.82, 2.24) is 9.99 Å². The third-order valence-electron chi connectivity index (χ3n) is 4.18. The van der Waals surface area contributed by atoms with Crippen molar-refractivity contribution in [2.75, 3.05) is 0 Å². The van der Waals surface area contributed by atoms with Crippen LogP contribution in [0.4, 0.5) is 0 Å². The normalized spacial score (nSPS) is 10.9. The summed E-state index contributed by atoms with van der Waals surface area (Å²) < 4.78 is 1.81. The van der Waals surface area contributed by atoms with E-state index < -0.39 is 11.9 Å². The van der Waals surface area contributed by atoms with Gasteiger partial charge in [-0.15, -0.1) is 0 Å². The van der Waals surface area contributed by atoms with Crippen molar-refractivity contribution in [2.45, 2.75) is 13.8 Å². The molecule has 1 heterocycles. The van der Waals surface area contributed by atoms with Crippen LogP contribution < -0.4 is 5.43 Å². The summed E-state index contributed by atoms with van der Waals surface area (Å²) in [4.78, 5) is 24.0. The van der Waals surface area contributed by atoms with E-state index in [-0.39, 0.29) is 5.56 Å². The number of aryl methyl sites for hydroxylation is 2. The van der Waals surface area contributed by atoms with E-state index in [9.17, 15) is 14.7 Å². The summed E-state index contributed by atoms with van der Waals surface area (Å²) in [5, 5.41) is 13.5. The quantitative estimate of drug-likeness (QED) is 0.538. The highest BCUT2D eigenvalue weighted by molar-refractivity contribution is 5.98. The molecule has 6 heteroatoms. The second-order valence-electron chi connectivity index (χ2n) is 6.10. The van der Waals surface area contributed by atoms with Crippen LogP contribution in [0.25, 0.3) is 5.69 Å². The minimum atomic E-state index is -1.05. The highest BCUT2D eigenvalue weighted by Crippen LogP contribution is 2.22. The van der Waals surface area contributed by atoms with Crippen LogP contribution in [0, 0.1) is 13.8 Å². The molecule has 0 atom stereocenters. The third kappa shape index (κ3) is 3.95. The fraction of sp³-hybridized carbons (Fsp3) is 0.0952. The topological polar surface area (TPSA) is 83.7 Å². The molecule has 27 heavy (non-hydrogen) atoms. The van der Waals surface area contributed by atoms with Crippen molar-refractivity contribution in [3.05, 3.63) is 88.7 Å². The second kappa shape index (κ2) is 7.70. The number of rotatable bonds is 5. The van der Waals surface area contributed by atoms with Gasteiger partial charge in [0.05, 0.1) is 17.5 Å². The van der Waals surface area contributed by atoms with E-state index in [0.29, 0.717) is 11.3 Å². The zero-order chi connectivity index (χ0) is 19.4. The molecular formula is C21H19N3O3. The van der Waals surface area contributed by atoms with Gasteiger partial charge in [0.2, 0.25) is 0 Å². The fourth-order valence-electron chi connectivity index (χ4n) is 2.86. The zero-order valence-electron chi connectivity index (χ0n) is 15.0. The SMILES string of the molecule is Cc1ccc(C)n1-c1cc(C(=O)N/N=C/c2ccccc2)ccc1C(=O)O. The number of hydrazone groups is 1. The lowest BCUT2D eigenvalue weighted by atomic mass is 10.1. The first kappa shape index (κ1) is 18.1. The number of carbonyl (C=O) groups excluding carboxylic acids is 1. The van der Waals surface area contributed by atoms with Crippen LogP contribution in [0.3, 0.4) is 0 Å². The molecule has 6 nitrogen and oxygen atoms in total. The molecule has 3 rings (SSSR count). The summed E-state index contributed by atoms with van der Waals surface area (Å²) in [5.74, 6) is -1.46. The van der Waals surface area contributed by atoms with E-state index in [0.717, 1.165) is 17.0 Å². The van der Waals surface area contributed by atoms with Crippen LogP contribution in [0.1, 0.15) is 37.7 Å². The molecule has 2 N–H and O–H groups in total. The van der Waals surface area contributed by atoms with Gasteiger partial charge < -0.3 is 9.67 Å². The predicted octanol–water partition coefficient (Wildman–Crippen LogP) is 3.56. The van der Waals surface area contributed by atoms with Gasteiger partial charge in [-0.3, -0.25) is 4.79 Å². The minimum Gasteiger partial charge on any atom is -0.478 e. The number of carbonyl (C=O) groups is 2. The fourth-order valence-corrected chi connectivity index (χ4v) is 2.86. The molecule has 1 aromatic heterocycles. The van der Waals surface area contributed by atoms with Gasteiger partial charge in [-0.2, -0.15) is 5.10 Å². The number of aromatic nitrogens is 1. The summed E-state index contributed by atoms with van der Waals surface area (Å²) in [5.41, 5.74) is 6.00. The van der Waals surface area contributed by atoms with Crippen LogP contribution in [-0.2, 0) is 0 Å². The lowest BCUT2D eigenvalue weighted by molar-refractivity contribution is 0.0696. The van der Waals surface area contributed by atoms with Gasteiger partial charge in [-0.1, -0.05) is 30.3 Å². The first-order valence-corrected chi connectivity index (χ1v) is 8.38. The van der Waals surface area contributed by atoms with Crippen molar-refractivity contribution < 1.29 is 14.7 Å². The monoisotopic (exact) mass is 361 g/mol. The number of hydrogen-bond donors (Lipinski definition) is 2. The van der Waals surface area contributed by atoms with Crippen LogP contribution in [0.15, 0.2) is 65.8 Å². The Balaban J connectivity index is 1.90. The standard InChI is InChI=1S/C21H19N3O3/c1-14-8-9-15(2)24(14)19-12-17(10-11-18(19)21(26)27)20(25)23-22-13-16-6-4-3-5-7-16/h3-13H,1-2H3,(H,23,25)(H,26,27)/b22-13+. The van der Waals surface area contributed by atoms with E-state index in [1.165, 1.54) is 12.1 Å². The van der Waals surface area contributed by atoms with Gasteiger partial charge >= 0.3 is 5.97 Å². The minimum absolute atomic E-state index is 0.127. The second-order valence-corrected chi connectivity index (χ2v) is 6.10. The highest BCUT2D eigenvalue weighted by atomic mass is 16.4. The molecule has 0 spiro atoms. The van der Waals surface area contributed by atoms with Gasteiger partial charge in [-0.25, -0.2) is 10.2 Å². The number of carboxylic acid groups (broad SMARTS) is 1. The average Bonchev–Trinajstić information content (AvgIpc) is 3.00. The van der Waals surface area contributed by atoms with Crippen LogP contribution in [0.2, 0.25) is 0 Å². The molecule has 3 aromatic rings. The maximum atomic E-state index is 12.4. The van der Waals surface area contributed by atoms with E-state index >= 15 is 0 Å². The summed E-state index contributed by atoms with van der Waals surface area (Å²) in [7, 11) is 0. The summed E-state index contributed by atoms with van der Waals surface area (Å²) >= 11 is 0. The Morgan fingerprint density at radius 3 is 2.30 bits per heavy atom. The molecule has 0 saturated carbocycles. The highest BCUT2D eigenvalue weighted by Gasteiger charge is 2.17. The molecule has 2 aromatic carbocycles. The maximum absolute atomic E-state index is 12.4. The predicted molar refractivity (Wildman–Crippen MR) is 104 cm³/mol. The number of amides is 1. The first-order valence-electron chi connectivity index (χ1n) is 8.38. The Bertz CT molecular complexity index is 1000. The molecule has 1 amide bonds. The molecule has 0 fully saturated rings. The Morgan fingerprint density at radius 2 is 1.67 bits per heavy atom. The lowest BCUT2D eigenvalue weighted by Crippen LogP contribution is -2.19. The van der Waals surface area contributed by atoms with E-state index in [1.807, 2.05) is 60.9 Å². The van der Waals surface area contributed by atoms with Crippen LogP contribution in [0.5, 0.6) is 0 Å². The first-order chi connectivity index (χ1) is 13.0. The summed E-state index contributed by atoms with van der Waals surface area (Å²) in [6.07, 6.45) is 1.55. The van der Waals surface area contributed by atoms with Gasteiger partial charge in [0, 0.05) is 17.0 Å². The average molecular weight is 361 g/mol. The van der Waals surface area contributed by atoms with E-state index in [2.05, 4.69) is 10.5 Å². The lowest BCUT2D eigenvalue weighted by Gasteiger charge is -2.14. The van der Waals surface area contributed by atoms with Crippen molar-refractivity contribution >= 4 is 18.1 Å². The molecule has 0 saturated heterocycles. The maximum Gasteiger partial charge on any atom is 0.337 e. The molecular weight excluding hydrogens is 342 g/mol. The van der Waals surface area contributed by atoms with Crippen molar-refractivity contribution in [2.24, 2.45) is 5.10 Å². The van der Waals surface area contributed by atoms with Crippen LogP contribution >= 0.6 is 0 Å². The van der Waals surface area contributed by atoms with Gasteiger partial charge in [0.1, 0.15) is 0 Å². The van der Waals surface area contributed by atoms with Gasteiger partial charge in [0.25, 0.3) is 5.91 Å². The Labute approximate surface area is 156 Å². The molecule has 0 aliphatic heterocycles. The smallest absolute Gasteiger partial charge is 0.337 e. The van der Waals surface area contributed by atoms with Crippen LogP contribution in [-0.4, -0.2) is 27.8 Å². The largest absolute Gasteiger partial charge is 0.478 e. The number of aromatic carboxylic acids is 1. The molecule has 0 unspecified atom stereocenters. The van der Waals surface area contributed by atoms with Crippen molar-refractivity contribution in [3.8, 4) is 5.69 Å². The number of carboxylic acids is 1. The van der Waals surface area contributed by atoms with Crippen molar-refractivity contribution in [3.63, 3.8) is 0 Å². The summed E-state index contributed by atoms with van der Waals surface area (Å²) in [6, 6.07) is 17.7. The third-order valence-corrected chi connectivity index (χ3v) is 4.18. The molecule has 0 aliphatic rings. The molecule has 136 valence electrons. The number of benzene rings is 2. The Hall–Kier alpha value is -3.67. The van der Waals surface area contributed by atoms with Gasteiger partial charge in [-0.05, 0) is 49.7 Å². The number of nitrogens with zero attached hydrogens (tertiary/aromatic N) is 2. The molecule has 0 aliphatic carbocycles. The number of nitrogens with one attached hydrogen (secondary N) is 1. The van der Waals surface area contributed by atoms with Gasteiger partial charge in [0.15, 0.2) is 0 Å². The zero-order valence-corrected chi connectivity index (χ0v) is 15.0. The Morgan fingerprint density at radius 1 is 1.00 bits per heavy atom. The number of hydrogen-bond acceptors (Lipinski definition) is 3. The van der Waals surface area contributed by atoms with Crippen molar-refractivity contribution in [1.29, 1.82) is 0 Å². The molecule has 0 bridgehead atoms.